The van der Waals surface area contributed by atoms with Crippen molar-refractivity contribution in [1.82, 2.24) is 10.2 Å². The molecule has 1 heterocycles. The van der Waals surface area contributed by atoms with Crippen molar-refractivity contribution >= 4 is 22.4 Å². The van der Waals surface area contributed by atoms with Gasteiger partial charge in [-0.1, -0.05) is 38.5 Å². The second kappa shape index (κ2) is 10.1. The van der Waals surface area contributed by atoms with E-state index in [1.54, 1.807) is 25.3 Å². The van der Waals surface area contributed by atoms with Crippen molar-refractivity contribution in [3.63, 3.8) is 0 Å². The summed E-state index contributed by atoms with van der Waals surface area (Å²) >= 11 is 1.43. The van der Waals surface area contributed by atoms with Crippen LogP contribution in [0.15, 0.2) is 18.2 Å². The fraction of sp³-hybridized carbons (Fsp3) is 0.526. The molecule has 0 aliphatic rings. The van der Waals surface area contributed by atoms with Gasteiger partial charge in [0, 0.05) is 11.5 Å². The second-order valence-corrected chi connectivity index (χ2v) is 6.99. The van der Waals surface area contributed by atoms with Crippen LogP contribution in [-0.4, -0.2) is 29.8 Å². The molecule has 0 fully saturated rings. The number of hydrogen-bond donors (Lipinski definition) is 1. The van der Waals surface area contributed by atoms with Crippen LogP contribution in [-0.2, 0) is 0 Å². The molecule has 1 aromatic heterocycles. The van der Waals surface area contributed by atoms with Crippen molar-refractivity contribution in [1.29, 1.82) is 0 Å². The summed E-state index contributed by atoms with van der Waals surface area (Å²) in [6.45, 7) is 6.99. The van der Waals surface area contributed by atoms with Crippen molar-refractivity contribution in [2.75, 3.05) is 19.0 Å². The van der Waals surface area contributed by atoms with Crippen LogP contribution in [0, 0.1) is 0 Å². The largest absolute Gasteiger partial charge is 0.493 e. The number of carbonyl (C=O) groups is 1. The fourth-order valence-electron chi connectivity index (χ4n) is 2.51. The first-order chi connectivity index (χ1) is 12.6. The Balaban J connectivity index is 2.07. The maximum Gasteiger partial charge on any atom is 0.257 e. The van der Waals surface area contributed by atoms with E-state index in [4.69, 9.17) is 9.47 Å². The summed E-state index contributed by atoms with van der Waals surface area (Å²) in [4.78, 5) is 12.5. The number of benzene rings is 1. The minimum absolute atomic E-state index is 0.240. The number of aromatic nitrogens is 2. The Morgan fingerprint density at radius 1 is 1.19 bits per heavy atom. The Bertz CT molecular complexity index is 714. The molecule has 0 saturated heterocycles. The first kappa shape index (κ1) is 20.2. The minimum Gasteiger partial charge on any atom is -0.493 e. The Morgan fingerprint density at radius 2 is 1.96 bits per heavy atom. The smallest absolute Gasteiger partial charge is 0.257 e. The summed E-state index contributed by atoms with van der Waals surface area (Å²) in [5, 5.41) is 12.6. The molecule has 142 valence electrons. The van der Waals surface area contributed by atoms with Gasteiger partial charge in [-0.2, -0.15) is 0 Å². The maximum absolute atomic E-state index is 12.5. The van der Waals surface area contributed by atoms with Crippen LogP contribution in [0.1, 0.15) is 67.7 Å². The molecule has 0 saturated carbocycles. The molecule has 0 spiro atoms. The van der Waals surface area contributed by atoms with E-state index >= 15 is 0 Å². The molecule has 0 atom stereocenters. The lowest BCUT2D eigenvalue weighted by Gasteiger charge is -2.11. The molecule has 0 aliphatic heterocycles. The highest BCUT2D eigenvalue weighted by molar-refractivity contribution is 7.15. The first-order valence-electron chi connectivity index (χ1n) is 9.08. The minimum atomic E-state index is -0.240. The SMILES string of the molecule is CCCCOc1ccc(C(=O)Nc2nnc(C(CC)CC)s2)cc1OC. The van der Waals surface area contributed by atoms with E-state index in [0.29, 0.717) is 34.7 Å². The first-order valence-corrected chi connectivity index (χ1v) is 9.90. The number of amides is 1. The molecule has 0 radical (unpaired) electrons. The summed E-state index contributed by atoms with van der Waals surface area (Å²) in [6, 6.07) is 5.17. The van der Waals surface area contributed by atoms with E-state index in [0.717, 1.165) is 30.7 Å². The van der Waals surface area contributed by atoms with Crippen LogP contribution < -0.4 is 14.8 Å². The molecule has 2 rings (SSSR count). The lowest BCUT2D eigenvalue weighted by atomic mass is 10.1. The van der Waals surface area contributed by atoms with Gasteiger partial charge in [0.05, 0.1) is 13.7 Å². The molecule has 1 aromatic carbocycles. The van der Waals surface area contributed by atoms with Gasteiger partial charge in [-0.15, -0.1) is 10.2 Å². The third-order valence-corrected chi connectivity index (χ3v) is 5.18. The summed E-state index contributed by atoms with van der Waals surface area (Å²) in [5.41, 5.74) is 0.490. The standard InChI is InChI=1S/C19H27N3O3S/c1-5-8-11-25-15-10-9-14(12-16(15)24-4)17(23)20-19-22-21-18(26-19)13(6-2)7-3/h9-10,12-13H,5-8,11H2,1-4H3,(H,20,22,23). The highest BCUT2D eigenvalue weighted by Gasteiger charge is 2.16. The van der Waals surface area contributed by atoms with Crippen LogP contribution in [0.2, 0.25) is 0 Å². The van der Waals surface area contributed by atoms with Crippen molar-refractivity contribution in [3.05, 3.63) is 28.8 Å². The van der Waals surface area contributed by atoms with E-state index in [2.05, 4.69) is 36.3 Å². The number of anilines is 1. The number of carbonyl (C=O) groups excluding carboxylic acids is 1. The van der Waals surface area contributed by atoms with Crippen molar-refractivity contribution in [2.24, 2.45) is 0 Å². The Labute approximate surface area is 158 Å². The zero-order valence-corrected chi connectivity index (χ0v) is 16.7. The molecule has 0 aliphatic carbocycles. The molecule has 1 amide bonds. The highest BCUT2D eigenvalue weighted by atomic mass is 32.1. The molecule has 2 aromatic rings. The Morgan fingerprint density at radius 3 is 2.62 bits per heavy atom. The number of hydrogen-bond acceptors (Lipinski definition) is 6. The van der Waals surface area contributed by atoms with Gasteiger partial charge in [-0.3, -0.25) is 10.1 Å². The third-order valence-electron chi connectivity index (χ3n) is 4.18. The monoisotopic (exact) mass is 377 g/mol. The van der Waals surface area contributed by atoms with Crippen molar-refractivity contribution in [2.45, 2.75) is 52.4 Å². The third kappa shape index (κ3) is 5.17. The quantitative estimate of drug-likeness (QED) is 0.597. The van der Waals surface area contributed by atoms with Gasteiger partial charge in [-0.25, -0.2) is 0 Å². The second-order valence-electron chi connectivity index (χ2n) is 5.98. The molecule has 0 unspecified atom stereocenters. The number of rotatable bonds is 10. The summed E-state index contributed by atoms with van der Waals surface area (Å²) in [5.74, 6) is 1.33. The molecule has 6 nitrogen and oxygen atoms in total. The van der Waals surface area contributed by atoms with E-state index in [1.807, 2.05) is 0 Å². The highest BCUT2D eigenvalue weighted by Crippen LogP contribution is 2.30. The normalized spacial score (nSPS) is 10.8. The van der Waals surface area contributed by atoms with Gasteiger partial charge >= 0.3 is 0 Å². The molecular formula is C19H27N3O3S. The summed E-state index contributed by atoms with van der Waals surface area (Å²) in [6.07, 6.45) is 4.05. The van der Waals surface area contributed by atoms with Gasteiger partial charge in [0.15, 0.2) is 11.5 Å². The van der Waals surface area contributed by atoms with Gasteiger partial charge in [0.2, 0.25) is 5.13 Å². The topological polar surface area (TPSA) is 73.3 Å². The average molecular weight is 378 g/mol. The van der Waals surface area contributed by atoms with Gasteiger partial charge in [0.1, 0.15) is 5.01 Å². The van der Waals surface area contributed by atoms with E-state index in [9.17, 15) is 4.79 Å². The molecule has 1 N–H and O–H groups in total. The number of ether oxygens (including phenoxy) is 2. The predicted octanol–water partition coefficient (Wildman–Crippen LogP) is 4.88. The predicted molar refractivity (Wildman–Crippen MR) is 105 cm³/mol. The number of unbranched alkanes of at least 4 members (excludes halogenated alkanes) is 1. The summed E-state index contributed by atoms with van der Waals surface area (Å²) < 4.78 is 11.1. The van der Waals surface area contributed by atoms with Gasteiger partial charge in [0.25, 0.3) is 5.91 Å². The van der Waals surface area contributed by atoms with Gasteiger partial charge < -0.3 is 9.47 Å². The van der Waals surface area contributed by atoms with Crippen LogP contribution in [0.3, 0.4) is 0 Å². The zero-order valence-electron chi connectivity index (χ0n) is 15.9. The van der Waals surface area contributed by atoms with E-state index in [1.165, 1.54) is 11.3 Å². The van der Waals surface area contributed by atoms with Gasteiger partial charge in [-0.05, 0) is 37.5 Å². The van der Waals surface area contributed by atoms with Crippen LogP contribution >= 0.6 is 11.3 Å². The molecular weight excluding hydrogens is 350 g/mol. The van der Waals surface area contributed by atoms with E-state index < -0.39 is 0 Å². The number of methoxy groups -OCH3 is 1. The van der Waals surface area contributed by atoms with E-state index in [-0.39, 0.29) is 5.91 Å². The van der Waals surface area contributed by atoms with Crippen LogP contribution in [0.4, 0.5) is 5.13 Å². The fourth-order valence-corrected chi connectivity index (χ4v) is 3.52. The Hall–Kier alpha value is -2.15. The average Bonchev–Trinajstić information content (AvgIpc) is 3.11. The maximum atomic E-state index is 12.5. The van der Waals surface area contributed by atoms with Crippen molar-refractivity contribution < 1.29 is 14.3 Å². The summed E-state index contributed by atoms with van der Waals surface area (Å²) in [7, 11) is 1.57. The molecule has 7 heteroatoms. The number of nitrogens with zero attached hydrogens (tertiary/aromatic N) is 2. The zero-order chi connectivity index (χ0) is 18.9. The molecule has 0 bridgehead atoms. The van der Waals surface area contributed by atoms with Crippen LogP contribution in [0.25, 0.3) is 0 Å². The lowest BCUT2D eigenvalue weighted by Crippen LogP contribution is -2.12. The molecule has 26 heavy (non-hydrogen) atoms. The Kier molecular flexibility index (Phi) is 7.84. The number of nitrogens with one attached hydrogen (secondary N) is 1. The van der Waals surface area contributed by atoms with Crippen molar-refractivity contribution in [3.8, 4) is 11.5 Å². The van der Waals surface area contributed by atoms with Crippen LogP contribution in [0.5, 0.6) is 11.5 Å². The lowest BCUT2D eigenvalue weighted by molar-refractivity contribution is 0.102.